The molecular weight excluding hydrogens is 268 g/mol. The minimum absolute atomic E-state index is 0.0762. The Morgan fingerprint density at radius 3 is 2.65 bits per heavy atom. The van der Waals surface area contributed by atoms with E-state index in [1.807, 2.05) is 24.3 Å². The number of hydrogen-bond donors (Lipinski definition) is 1. The van der Waals surface area contributed by atoms with E-state index in [4.69, 9.17) is 0 Å². The molecule has 1 aromatic heterocycles. The molecule has 20 heavy (non-hydrogen) atoms. The minimum Gasteiger partial charge on any atom is -0.298 e. The fourth-order valence-electron chi connectivity index (χ4n) is 2.43. The lowest BCUT2D eigenvalue weighted by molar-refractivity contribution is 0.102. The van der Waals surface area contributed by atoms with Gasteiger partial charge in [-0.3, -0.25) is 10.1 Å². The molecule has 0 atom stereocenters. The van der Waals surface area contributed by atoms with Gasteiger partial charge in [-0.1, -0.05) is 26.0 Å². The van der Waals surface area contributed by atoms with Crippen LogP contribution in [0.4, 0.5) is 5.13 Å². The fraction of sp³-hybridized carbons (Fsp3) is 0.375. The Hall–Kier alpha value is -1.68. The summed E-state index contributed by atoms with van der Waals surface area (Å²) in [6.07, 6.45) is 3.34. The van der Waals surface area contributed by atoms with Gasteiger partial charge < -0.3 is 0 Å². The number of nitrogens with one attached hydrogen (secondary N) is 1. The van der Waals surface area contributed by atoms with Crippen LogP contribution in [-0.2, 0) is 12.8 Å². The van der Waals surface area contributed by atoms with Crippen LogP contribution in [0.5, 0.6) is 0 Å². The Morgan fingerprint density at radius 1 is 1.25 bits per heavy atom. The second-order valence-corrected chi connectivity index (χ2v) is 6.56. The predicted molar refractivity (Wildman–Crippen MR) is 82.6 cm³/mol. The number of anilines is 1. The van der Waals surface area contributed by atoms with Crippen molar-refractivity contribution in [3.05, 3.63) is 46.0 Å². The third-order valence-corrected chi connectivity index (χ3v) is 4.73. The maximum Gasteiger partial charge on any atom is 0.257 e. The van der Waals surface area contributed by atoms with Crippen LogP contribution in [0.1, 0.15) is 52.7 Å². The molecule has 3 rings (SSSR count). The van der Waals surface area contributed by atoms with Crippen LogP contribution >= 0.6 is 11.3 Å². The zero-order chi connectivity index (χ0) is 14.1. The van der Waals surface area contributed by atoms with E-state index in [1.165, 1.54) is 22.6 Å². The van der Waals surface area contributed by atoms with E-state index in [0.29, 0.717) is 11.5 Å². The standard InChI is InChI=1S/C16H18N2OS/c1-10(2)11-6-8-12(9-7-11)15(19)18-16-17-13-4-3-5-14(13)20-16/h6-10H,3-5H2,1-2H3,(H,17,18,19). The molecule has 2 aromatic rings. The van der Waals surface area contributed by atoms with Gasteiger partial charge in [0.25, 0.3) is 5.91 Å². The van der Waals surface area contributed by atoms with Crippen molar-refractivity contribution >= 4 is 22.4 Å². The van der Waals surface area contributed by atoms with Crippen molar-refractivity contribution in [3.8, 4) is 0 Å². The van der Waals surface area contributed by atoms with Gasteiger partial charge in [-0.25, -0.2) is 4.98 Å². The molecule has 1 amide bonds. The average molecular weight is 286 g/mol. The van der Waals surface area contributed by atoms with Crippen LogP contribution in [0.2, 0.25) is 0 Å². The first-order chi connectivity index (χ1) is 9.63. The molecule has 1 aliphatic carbocycles. The number of fused-ring (bicyclic) bond motifs is 1. The summed E-state index contributed by atoms with van der Waals surface area (Å²) in [5.41, 5.74) is 3.10. The number of nitrogens with zero attached hydrogens (tertiary/aromatic N) is 1. The molecule has 4 heteroatoms. The van der Waals surface area contributed by atoms with E-state index >= 15 is 0 Å². The van der Waals surface area contributed by atoms with Crippen molar-refractivity contribution in [1.82, 2.24) is 4.98 Å². The van der Waals surface area contributed by atoms with Gasteiger partial charge in [-0.15, -0.1) is 11.3 Å². The molecule has 104 valence electrons. The van der Waals surface area contributed by atoms with E-state index < -0.39 is 0 Å². The normalized spacial score (nSPS) is 13.6. The van der Waals surface area contributed by atoms with E-state index in [0.717, 1.165) is 18.0 Å². The minimum atomic E-state index is -0.0762. The molecule has 1 aromatic carbocycles. The van der Waals surface area contributed by atoms with Crippen LogP contribution in [0.25, 0.3) is 0 Å². The monoisotopic (exact) mass is 286 g/mol. The van der Waals surface area contributed by atoms with E-state index in [1.54, 1.807) is 11.3 Å². The van der Waals surface area contributed by atoms with Gasteiger partial charge in [-0.05, 0) is 42.9 Å². The largest absolute Gasteiger partial charge is 0.298 e. The predicted octanol–water partition coefficient (Wildman–Crippen LogP) is 4.01. The number of hydrogen-bond acceptors (Lipinski definition) is 3. The highest BCUT2D eigenvalue weighted by Crippen LogP contribution is 2.30. The third kappa shape index (κ3) is 2.61. The summed E-state index contributed by atoms with van der Waals surface area (Å²) in [6, 6.07) is 7.79. The topological polar surface area (TPSA) is 42.0 Å². The zero-order valence-electron chi connectivity index (χ0n) is 11.8. The molecule has 0 aliphatic heterocycles. The van der Waals surface area contributed by atoms with Crippen LogP contribution in [0.3, 0.4) is 0 Å². The second-order valence-electron chi connectivity index (χ2n) is 5.47. The lowest BCUT2D eigenvalue weighted by Gasteiger charge is -2.06. The lowest BCUT2D eigenvalue weighted by Crippen LogP contribution is -2.11. The maximum atomic E-state index is 12.2. The summed E-state index contributed by atoms with van der Waals surface area (Å²) in [4.78, 5) is 18.0. The molecule has 0 fully saturated rings. The Kier molecular flexibility index (Phi) is 3.57. The van der Waals surface area contributed by atoms with E-state index in [9.17, 15) is 4.79 Å². The first kappa shape index (κ1) is 13.3. The van der Waals surface area contributed by atoms with Gasteiger partial charge in [0, 0.05) is 10.4 Å². The number of aromatic nitrogens is 1. The lowest BCUT2D eigenvalue weighted by atomic mass is 10.0. The summed E-state index contributed by atoms with van der Waals surface area (Å²) < 4.78 is 0. The summed E-state index contributed by atoms with van der Waals surface area (Å²) >= 11 is 1.61. The van der Waals surface area contributed by atoms with Crippen LogP contribution in [-0.4, -0.2) is 10.9 Å². The molecule has 0 radical (unpaired) electrons. The van der Waals surface area contributed by atoms with Crippen molar-refractivity contribution < 1.29 is 4.79 Å². The fourth-order valence-corrected chi connectivity index (χ4v) is 3.48. The average Bonchev–Trinajstić information content (AvgIpc) is 2.99. The Bertz CT molecular complexity index is 607. The molecule has 1 N–H and O–H groups in total. The highest BCUT2D eigenvalue weighted by Gasteiger charge is 2.18. The number of thiazole rings is 1. The first-order valence-corrected chi connectivity index (χ1v) is 7.85. The number of amides is 1. The highest BCUT2D eigenvalue weighted by molar-refractivity contribution is 7.15. The summed E-state index contributed by atoms with van der Waals surface area (Å²) in [5.74, 6) is 0.404. The summed E-state index contributed by atoms with van der Waals surface area (Å²) in [7, 11) is 0. The Labute approximate surface area is 123 Å². The quantitative estimate of drug-likeness (QED) is 0.926. The molecule has 0 saturated heterocycles. The van der Waals surface area contributed by atoms with Crippen molar-refractivity contribution in [2.75, 3.05) is 5.32 Å². The molecule has 0 bridgehead atoms. The summed E-state index contributed by atoms with van der Waals surface area (Å²) in [6.45, 7) is 4.29. The van der Waals surface area contributed by atoms with Gasteiger partial charge >= 0.3 is 0 Å². The Morgan fingerprint density at radius 2 is 2.00 bits per heavy atom. The number of rotatable bonds is 3. The molecule has 3 nitrogen and oxygen atoms in total. The number of carbonyl (C=O) groups excluding carboxylic acids is 1. The maximum absolute atomic E-state index is 12.2. The summed E-state index contributed by atoms with van der Waals surface area (Å²) in [5, 5.41) is 3.63. The molecule has 0 unspecified atom stereocenters. The van der Waals surface area contributed by atoms with Crippen LogP contribution in [0.15, 0.2) is 24.3 Å². The SMILES string of the molecule is CC(C)c1ccc(C(=O)Nc2nc3c(s2)CCC3)cc1. The van der Waals surface area contributed by atoms with Crippen molar-refractivity contribution in [2.24, 2.45) is 0 Å². The molecule has 1 heterocycles. The zero-order valence-corrected chi connectivity index (χ0v) is 12.6. The van der Waals surface area contributed by atoms with Crippen molar-refractivity contribution in [2.45, 2.75) is 39.0 Å². The van der Waals surface area contributed by atoms with Crippen LogP contribution < -0.4 is 5.32 Å². The smallest absolute Gasteiger partial charge is 0.257 e. The molecule has 1 aliphatic rings. The van der Waals surface area contributed by atoms with Gasteiger partial charge in [0.15, 0.2) is 5.13 Å². The number of benzene rings is 1. The van der Waals surface area contributed by atoms with Crippen LogP contribution in [0, 0.1) is 0 Å². The number of carbonyl (C=O) groups is 1. The molecular formula is C16H18N2OS. The van der Waals surface area contributed by atoms with Gasteiger partial charge in [0.2, 0.25) is 0 Å². The van der Waals surface area contributed by atoms with Crippen molar-refractivity contribution in [3.63, 3.8) is 0 Å². The van der Waals surface area contributed by atoms with E-state index in [2.05, 4.69) is 24.1 Å². The van der Waals surface area contributed by atoms with Gasteiger partial charge in [0.1, 0.15) is 0 Å². The van der Waals surface area contributed by atoms with Gasteiger partial charge in [-0.2, -0.15) is 0 Å². The van der Waals surface area contributed by atoms with Crippen molar-refractivity contribution in [1.29, 1.82) is 0 Å². The molecule has 0 spiro atoms. The Balaban J connectivity index is 1.72. The molecule has 0 saturated carbocycles. The second kappa shape index (κ2) is 5.37. The first-order valence-electron chi connectivity index (χ1n) is 7.03. The van der Waals surface area contributed by atoms with Gasteiger partial charge in [0.05, 0.1) is 5.69 Å². The third-order valence-electron chi connectivity index (χ3n) is 3.66. The highest BCUT2D eigenvalue weighted by atomic mass is 32.1. The number of aryl methyl sites for hydroxylation is 2. The van der Waals surface area contributed by atoms with E-state index in [-0.39, 0.29) is 5.91 Å².